The highest BCUT2D eigenvalue weighted by atomic mass is 32.1. The number of halogens is 3. The number of hydrogen-bond donors (Lipinski definition) is 3. The lowest BCUT2D eigenvalue weighted by Crippen LogP contribution is -2.12. The van der Waals surface area contributed by atoms with E-state index < -0.39 is 11.7 Å². The van der Waals surface area contributed by atoms with E-state index in [1.807, 2.05) is 0 Å². The van der Waals surface area contributed by atoms with Crippen molar-refractivity contribution in [2.45, 2.75) is 12.7 Å². The zero-order chi connectivity index (χ0) is 14.0. The van der Waals surface area contributed by atoms with Crippen LogP contribution < -0.4 is 15.9 Å². The second-order valence-electron chi connectivity index (χ2n) is 3.83. The number of alkyl halides is 3. The fourth-order valence-corrected chi connectivity index (χ4v) is 2.12. The summed E-state index contributed by atoms with van der Waals surface area (Å²) in [5, 5.41) is 4.19. The SMILES string of the molecule is Nc1ccc(NCc2csc(=O)[nH]2)c(C(F)(F)F)c1. The number of anilines is 2. The van der Waals surface area contributed by atoms with Gasteiger partial charge in [-0.05, 0) is 18.2 Å². The average Bonchev–Trinajstić information content (AvgIpc) is 2.72. The van der Waals surface area contributed by atoms with Crippen LogP contribution in [0.3, 0.4) is 0 Å². The molecule has 0 aliphatic rings. The molecule has 1 aromatic heterocycles. The summed E-state index contributed by atoms with van der Waals surface area (Å²) in [7, 11) is 0. The second-order valence-corrected chi connectivity index (χ2v) is 4.67. The quantitative estimate of drug-likeness (QED) is 0.761. The highest BCUT2D eigenvalue weighted by molar-refractivity contribution is 7.07. The summed E-state index contributed by atoms with van der Waals surface area (Å²) in [5.74, 6) is 0. The van der Waals surface area contributed by atoms with Gasteiger partial charge in [-0.1, -0.05) is 11.3 Å². The maximum Gasteiger partial charge on any atom is 0.418 e. The maximum atomic E-state index is 12.8. The van der Waals surface area contributed by atoms with Crippen LogP contribution in [0.5, 0.6) is 0 Å². The topological polar surface area (TPSA) is 70.9 Å². The molecule has 0 amide bonds. The third kappa shape index (κ3) is 3.28. The molecule has 0 unspecified atom stereocenters. The van der Waals surface area contributed by atoms with Crippen LogP contribution in [0.15, 0.2) is 28.4 Å². The van der Waals surface area contributed by atoms with Crippen LogP contribution in [0, 0.1) is 0 Å². The van der Waals surface area contributed by atoms with Gasteiger partial charge in [-0.25, -0.2) is 0 Å². The van der Waals surface area contributed by atoms with Crippen LogP contribution in [-0.4, -0.2) is 4.98 Å². The van der Waals surface area contributed by atoms with Gasteiger partial charge in [-0.2, -0.15) is 13.2 Å². The minimum Gasteiger partial charge on any atom is -0.399 e. The molecule has 4 N–H and O–H groups in total. The molecule has 8 heteroatoms. The van der Waals surface area contributed by atoms with Gasteiger partial charge in [-0.15, -0.1) is 0 Å². The number of hydrogen-bond acceptors (Lipinski definition) is 4. The average molecular weight is 289 g/mol. The van der Waals surface area contributed by atoms with Crippen LogP contribution in [0.4, 0.5) is 24.5 Å². The minimum atomic E-state index is -4.49. The van der Waals surface area contributed by atoms with Crippen molar-refractivity contribution in [3.05, 3.63) is 44.5 Å². The Balaban J connectivity index is 2.22. The van der Waals surface area contributed by atoms with Crippen molar-refractivity contribution in [3.8, 4) is 0 Å². The lowest BCUT2D eigenvalue weighted by molar-refractivity contribution is -0.136. The number of nitrogens with one attached hydrogen (secondary N) is 2. The number of nitrogens with two attached hydrogens (primary N) is 1. The molecule has 0 aliphatic carbocycles. The summed E-state index contributed by atoms with van der Waals surface area (Å²) in [6.45, 7) is 0.103. The van der Waals surface area contributed by atoms with E-state index in [1.54, 1.807) is 5.38 Å². The van der Waals surface area contributed by atoms with Gasteiger partial charge < -0.3 is 16.0 Å². The van der Waals surface area contributed by atoms with Crippen molar-refractivity contribution < 1.29 is 13.2 Å². The lowest BCUT2D eigenvalue weighted by atomic mass is 10.1. The predicted molar refractivity (Wildman–Crippen MR) is 68.1 cm³/mol. The Morgan fingerprint density at radius 2 is 2.11 bits per heavy atom. The Morgan fingerprint density at radius 1 is 1.37 bits per heavy atom. The van der Waals surface area contributed by atoms with E-state index in [2.05, 4.69) is 10.3 Å². The van der Waals surface area contributed by atoms with Crippen LogP contribution in [0.1, 0.15) is 11.3 Å². The third-order valence-electron chi connectivity index (χ3n) is 2.39. The fraction of sp³-hybridized carbons (Fsp3) is 0.182. The molecular formula is C11H10F3N3OS. The Labute approximate surface area is 110 Å². The molecule has 4 nitrogen and oxygen atoms in total. The first-order chi connectivity index (χ1) is 8.86. The monoisotopic (exact) mass is 289 g/mol. The number of rotatable bonds is 3. The predicted octanol–water partition coefficient (Wildman–Crippen LogP) is 2.65. The minimum absolute atomic E-state index is 0.0433. The van der Waals surface area contributed by atoms with Crippen molar-refractivity contribution >= 4 is 22.7 Å². The Bertz CT molecular complexity index is 633. The Morgan fingerprint density at radius 3 is 2.68 bits per heavy atom. The molecule has 0 saturated carbocycles. The molecule has 0 atom stereocenters. The zero-order valence-corrected chi connectivity index (χ0v) is 10.4. The highest BCUT2D eigenvalue weighted by Gasteiger charge is 2.33. The van der Waals surface area contributed by atoms with Crippen molar-refractivity contribution in [2.75, 3.05) is 11.1 Å². The molecule has 1 aromatic carbocycles. The standard InChI is InChI=1S/C11H10F3N3OS/c12-11(13,14)8-3-6(15)1-2-9(8)16-4-7-5-19-10(18)17-7/h1-3,5,16H,4,15H2,(H,17,18). The molecule has 2 aromatic rings. The first kappa shape index (κ1) is 13.5. The number of aromatic nitrogens is 1. The number of thiazole rings is 1. The van der Waals surface area contributed by atoms with Crippen LogP contribution in [0.2, 0.25) is 0 Å². The van der Waals surface area contributed by atoms with E-state index in [-0.39, 0.29) is 22.8 Å². The highest BCUT2D eigenvalue weighted by Crippen LogP contribution is 2.36. The Kier molecular flexibility index (Phi) is 3.52. The summed E-state index contributed by atoms with van der Waals surface area (Å²) in [4.78, 5) is 13.2. The maximum absolute atomic E-state index is 12.8. The summed E-state index contributed by atoms with van der Waals surface area (Å²) >= 11 is 0.958. The summed E-state index contributed by atoms with van der Waals surface area (Å²) < 4.78 is 38.4. The summed E-state index contributed by atoms with van der Waals surface area (Å²) in [5.41, 5.74) is 5.03. The van der Waals surface area contributed by atoms with Gasteiger partial charge in [0.25, 0.3) is 0 Å². The normalized spacial score (nSPS) is 11.5. The van der Waals surface area contributed by atoms with Crippen LogP contribution in [-0.2, 0) is 12.7 Å². The fourth-order valence-electron chi connectivity index (χ4n) is 1.54. The van der Waals surface area contributed by atoms with Crippen molar-refractivity contribution in [2.24, 2.45) is 0 Å². The first-order valence-corrected chi connectivity index (χ1v) is 6.11. The first-order valence-electron chi connectivity index (χ1n) is 5.23. The molecule has 0 spiro atoms. The second kappa shape index (κ2) is 4.96. The van der Waals surface area contributed by atoms with Crippen molar-refractivity contribution in [3.63, 3.8) is 0 Å². The third-order valence-corrected chi connectivity index (χ3v) is 3.11. The largest absolute Gasteiger partial charge is 0.418 e. The van der Waals surface area contributed by atoms with Gasteiger partial charge in [0.15, 0.2) is 0 Å². The number of aromatic amines is 1. The van der Waals surface area contributed by atoms with E-state index in [0.717, 1.165) is 17.4 Å². The Hall–Kier alpha value is -1.96. The van der Waals surface area contributed by atoms with E-state index in [9.17, 15) is 18.0 Å². The molecule has 0 saturated heterocycles. The molecule has 19 heavy (non-hydrogen) atoms. The molecular weight excluding hydrogens is 279 g/mol. The van der Waals surface area contributed by atoms with Gasteiger partial charge in [0.2, 0.25) is 0 Å². The van der Waals surface area contributed by atoms with Crippen LogP contribution >= 0.6 is 11.3 Å². The molecule has 2 rings (SSSR count). The molecule has 0 fully saturated rings. The number of benzene rings is 1. The smallest absolute Gasteiger partial charge is 0.399 e. The molecule has 0 aliphatic heterocycles. The van der Waals surface area contributed by atoms with Gasteiger partial charge >= 0.3 is 11.0 Å². The van der Waals surface area contributed by atoms with Crippen molar-refractivity contribution in [1.29, 1.82) is 0 Å². The summed E-state index contributed by atoms with van der Waals surface area (Å²) in [6, 6.07) is 3.52. The van der Waals surface area contributed by atoms with Gasteiger partial charge in [0.1, 0.15) is 0 Å². The van der Waals surface area contributed by atoms with E-state index in [4.69, 9.17) is 5.73 Å². The summed E-state index contributed by atoms with van der Waals surface area (Å²) in [6.07, 6.45) is -4.49. The molecule has 102 valence electrons. The number of nitrogen functional groups attached to an aromatic ring is 1. The van der Waals surface area contributed by atoms with Gasteiger partial charge in [0.05, 0.1) is 12.1 Å². The lowest BCUT2D eigenvalue weighted by Gasteiger charge is -2.14. The molecule has 0 bridgehead atoms. The van der Waals surface area contributed by atoms with E-state index in [0.29, 0.717) is 5.69 Å². The van der Waals surface area contributed by atoms with Crippen molar-refractivity contribution in [1.82, 2.24) is 4.98 Å². The van der Waals surface area contributed by atoms with Crippen LogP contribution in [0.25, 0.3) is 0 Å². The van der Waals surface area contributed by atoms with E-state index in [1.165, 1.54) is 12.1 Å². The van der Waals surface area contributed by atoms with E-state index >= 15 is 0 Å². The zero-order valence-electron chi connectivity index (χ0n) is 9.54. The van der Waals surface area contributed by atoms with Gasteiger partial charge in [0, 0.05) is 22.4 Å². The van der Waals surface area contributed by atoms with Gasteiger partial charge in [-0.3, -0.25) is 4.79 Å². The molecule has 1 heterocycles. The molecule has 0 radical (unpaired) electrons. The number of H-pyrrole nitrogens is 1.